The van der Waals surface area contributed by atoms with Crippen molar-refractivity contribution >= 4 is 16.9 Å². The van der Waals surface area contributed by atoms with Crippen LogP contribution in [0, 0.1) is 5.92 Å². The van der Waals surface area contributed by atoms with Gasteiger partial charge in [-0.05, 0) is 30.2 Å². The van der Waals surface area contributed by atoms with E-state index in [1.54, 1.807) is 0 Å². The number of carbonyl (C=O) groups excluding carboxylic acids is 1. The number of nitrogens with zero attached hydrogens (tertiary/aromatic N) is 1. The summed E-state index contributed by atoms with van der Waals surface area (Å²) < 4.78 is 39.5. The summed E-state index contributed by atoms with van der Waals surface area (Å²) in [4.78, 5) is 20.2. The molecule has 2 aromatic carbocycles. The Balaban J connectivity index is 1.93. The van der Waals surface area contributed by atoms with Crippen molar-refractivity contribution in [2.75, 3.05) is 0 Å². The Morgan fingerprint density at radius 1 is 1.08 bits per heavy atom. The maximum absolute atomic E-state index is 13.2. The minimum Gasteiger partial charge on any atom is -0.342 e. The first-order valence-corrected chi connectivity index (χ1v) is 8.19. The van der Waals surface area contributed by atoms with Crippen LogP contribution in [-0.4, -0.2) is 15.9 Å². The van der Waals surface area contributed by atoms with Gasteiger partial charge in [-0.25, -0.2) is 4.98 Å². The van der Waals surface area contributed by atoms with E-state index in [4.69, 9.17) is 0 Å². The molecule has 3 rings (SSSR count). The van der Waals surface area contributed by atoms with Gasteiger partial charge >= 0.3 is 6.18 Å². The van der Waals surface area contributed by atoms with Gasteiger partial charge in [0.1, 0.15) is 5.82 Å². The highest BCUT2D eigenvalue weighted by Gasteiger charge is 2.35. The van der Waals surface area contributed by atoms with Crippen molar-refractivity contribution in [1.82, 2.24) is 15.3 Å². The summed E-state index contributed by atoms with van der Waals surface area (Å²) in [7, 11) is 0. The molecule has 0 aliphatic rings. The lowest BCUT2D eigenvalue weighted by Crippen LogP contribution is -2.33. The SMILES string of the molecule is CC(C)C(NC(=O)c1ccccc1C(F)(F)F)c1nc2ccccc2[nH]1. The maximum Gasteiger partial charge on any atom is 0.417 e. The lowest BCUT2D eigenvalue weighted by Gasteiger charge is -2.21. The molecule has 1 aromatic heterocycles. The molecule has 1 atom stereocenters. The van der Waals surface area contributed by atoms with Crippen molar-refractivity contribution in [3.63, 3.8) is 0 Å². The van der Waals surface area contributed by atoms with Crippen molar-refractivity contribution in [1.29, 1.82) is 0 Å². The van der Waals surface area contributed by atoms with Crippen LogP contribution < -0.4 is 5.32 Å². The average molecular weight is 361 g/mol. The minimum atomic E-state index is -4.60. The van der Waals surface area contributed by atoms with Gasteiger partial charge in [0, 0.05) is 0 Å². The third kappa shape index (κ3) is 3.56. The van der Waals surface area contributed by atoms with E-state index >= 15 is 0 Å². The molecule has 0 spiro atoms. The molecular weight excluding hydrogens is 343 g/mol. The van der Waals surface area contributed by atoms with Crippen molar-refractivity contribution in [3.8, 4) is 0 Å². The molecule has 26 heavy (non-hydrogen) atoms. The van der Waals surface area contributed by atoms with Gasteiger partial charge < -0.3 is 10.3 Å². The second-order valence-corrected chi connectivity index (χ2v) is 6.38. The standard InChI is InChI=1S/C19H18F3N3O/c1-11(2)16(17-23-14-9-5-6-10-15(14)24-17)25-18(26)12-7-3-4-8-13(12)19(20,21)22/h3-11,16H,1-2H3,(H,23,24)(H,25,26). The number of H-pyrrole nitrogens is 1. The number of aromatic nitrogens is 2. The fourth-order valence-electron chi connectivity index (χ4n) is 2.82. The van der Waals surface area contributed by atoms with Gasteiger partial charge in [-0.3, -0.25) is 4.79 Å². The predicted octanol–water partition coefficient (Wildman–Crippen LogP) is 4.71. The molecule has 3 aromatic rings. The monoisotopic (exact) mass is 361 g/mol. The smallest absolute Gasteiger partial charge is 0.342 e. The molecule has 0 bridgehead atoms. The van der Waals surface area contributed by atoms with Crippen molar-refractivity contribution in [2.24, 2.45) is 5.92 Å². The number of hydrogen-bond donors (Lipinski definition) is 2. The quantitative estimate of drug-likeness (QED) is 0.707. The van der Waals surface area contributed by atoms with E-state index in [9.17, 15) is 18.0 Å². The number of hydrogen-bond acceptors (Lipinski definition) is 2. The second kappa shape index (κ2) is 6.82. The number of para-hydroxylation sites is 2. The van der Waals surface area contributed by atoms with Crippen LogP contribution in [-0.2, 0) is 6.18 Å². The van der Waals surface area contributed by atoms with E-state index in [2.05, 4.69) is 15.3 Å². The zero-order chi connectivity index (χ0) is 18.9. The van der Waals surface area contributed by atoms with Crippen molar-refractivity contribution in [2.45, 2.75) is 26.1 Å². The summed E-state index contributed by atoms with van der Waals surface area (Å²) in [6.07, 6.45) is -4.60. The summed E-state index contributed by atoms with van der Waals surface area (Å²) in [6.45, 7) is 3.74. The summed E-state index contributed by atoms with van der Waals surface area (Å²) >= 11 is 0. The molecule has 1 heterocycles. The number of halogens is 3. The minimum absolute atomic E-state index is 0.0717. The van der Waals surface area contributed by atoms with Crippen LogP contribution >= 0.6 is 0 Å². The molecule has 0 aliphatic heterocycles. The van der Waals surface area contributed by atoms with Crippen LogP contribution in [0.3, 0.4) is 0 Å². The molecule has 136 valence electrons. The van der Waals surface area contributed by atoms with E-state index in [-0.39, 0.29) is 5.92 Å². The molecule has 0 saturated carbocycles. The van der Waals surface area contributed by atoms with Gasteiger partial charge in [0.2, 0.25) is 0 Å². The van der Waals surface area contributed by atoms with Crippen molar-refractivity contribution in [3.05, 3.63) is 65.5 Å². The first-order valence-electron chi connectivity index (χ1n) is 8.19. The number of fused-ring (bicyclic) bond motifs is 1. The van der Waals surface area contributed by atoms with E-state index < -0.39 is 29.3 Å². The van der Waals surface area contributed by atoms with Gasteiger partial charge in [-0.15, -0.1) is 0 Å². The molecule has 0 saturated heterocycles. The Hall–Kier alpha value is -2.83. The highest BCUT2D eigenvalue weighted by molar-refractivity contribution is 5.96. The third-order valence-corrected chi connectivity index (χ3v) is 4.13. The van der Waals surface area contributed by atoms with Gasteiger partial charge in [0.05, 0.1) is 28.2 Å². The van der Waals surface area contributed by atoms with Gasteiger partial charge in [0.15, 0.2) is 0 Å². The summed E-state index contributed by atoms with van der Waals surface area (Å²) in [5.41, 5.74) is 0.183. The molecule has 0 radical (unpaired) electrons. The van der Waals surface area contributed by atoms with E-state index in [0.717, 1.165) is 17.1 Å². The van der Waals surface area contributed by atoms with Crippen LogP contribution in [0.25, 0.3) is 11.0 Å². The number of carbonyl (C=O) groups is 1. The molecule has 2 N–H and O–H groups in total. The largest absolute Gasteiger partial charge is 0.417 e. The lowest BCUT2D eigenvalue weighted by molar-refractivity contribution is -0.137. The molecule has 1 unspecified atom stereocenters. The molecular formula is C19H18F3N3O. The lowest BCUT2D eigenvalue weighted by atomic mass is 10.0. The third-order valence-electron chi connectivity index (χ3n) is 4.13. The molecule has 4 nitrogen and oxygen atoms in total. The maximum atomic E-state index is 13.2. The van der Waals surface area contributed by atoms with Crippen LogP contribution in [0.15, 0.2) is 48.5 Å². The van der Waals surface area contributed by atoms with Crippen LogP contribution in [0.4, 0.5) is 13.2 Å². The molecule has 0 aliphatic carbocycles. The van der Waals surface area contributed by atoms with Gasteiger partial charge in [0.25, 0.3) is 5.91 Å². The number of benzene rings is 2. The Bertz CT molecular complexity index is 898. The van der Waals surface area contributed by atoms with Crippen LogP contribution in [0.2, 0.25) is 0 Å². The Morgan fingerprint density at radius 3 is 2.38 bits per heavy atom. The summed E-state index contributed by atoms with van der Waals surface area (Å²) in [6, 6.07) is 11.6. The highest BCUT2D eigenvalue weighted by Crippen LogP contribution is 2.32. The summed E-state index contributed by atoms with van der Waals surface area (Å²) in [5.74, 6) is -0.339. The Morgan fingerprint density at radius 2 is 1.73 bits per heavy atom. The fraction of sp³-hybridized carbons (Fsp3) is 0.263. The van der Waals surface area contributed by atoms with Crippen molar-refractivity contribution < 1.29 is 18.0 Å². The predicted molar refractivity (Wildman–Crippen MR) is 92.6 cm³/mol. The number of amides is 1. The normalized spacial score (nSPS) is 13.2. The van der Waals surface area contributed by atoms with E-state index in [1.165, 1.54) is 18.2 Å². The number of rotatable bonds is 4. The van der Waals surface area contributed by atoms with E-state index in [0.29, 0.717) is 5.82 Å². The van der Waals surface area contributed by atoms with Crippen LogP contribution in [0.1, 0.15) is 41.6 Å². The zero-order valence-corrected chi connectivity index (χ0v) is 14.3. The first-order chi connectivity index (χ1) is 12.3. The molecule has 7 heteroatoms. The number of imidazole rings is 1. The number of aromatic amines is 1. The molecule has 0 fully saturated rings. The van der Waals surface area contributed by atoms with Crippen LogP contribution in [0.5, 0.6) is 0 Å². The van der Waals surface area contributed by atoms with E-state index in [1.807, 2.05) is 38.1 Å². The summed E-state index contributed by atoms with van der Waals surface area (Å²) in [5, 5.41) is 2.69. The topological polar surface area (TPSA) is 57.8 Å². The van der Waals surface area contributed by atoms with Gasteiger partial charge in [-0.1, -0.05) is 38.1 Å². The first kappa shape index (κ1) is 18.0. The fourth-order valence-corrected chi connectivity index (χ4v) is 2.82. The van der Waals surface area contributed by atoms with Gasteiger partial charge in [-0.2, -0.15) is 13.2 Å². The number of nitrogens with one attached hydrogen (secondary N) is 2. The average Bonchev–Trinajstić information content (AvgIpc) is 3.02. The highest BCUT2D eigenvalue weighted by atomic mass is 19.4. The zero-order valence-electron chi connectivity index (χ0n) is 14.3. The Labute approximate surface area is 148 Å². The second-order valence-electron chi connectivity index (χ2n) is 6.38. The number of alkyl halides is 3. The Kier molecular flexibility index (Phi) is 4.71. The molecule has 1 amide bonds.